The lowest BCUT2D eigenvalue weighted by Crippen LogP contribution is -2.52. The van der Waals surface area contributed by atoms with Crippen LogP contribution in [0, 0.1) is 0 Å². The van der Waals surface area contributed by atoms with Gasteiger partial charge in [0.1, 0.15) is 47.2 Å². The first-order valence-corrected chi connectivity index (χ1v) is 24.1. The molecule has 72 heavy (non-hydrogen) atoms. The number of imidazole rings is 1. The molecule has 2 aliphatic heterocycles. The second kappa shape index (κ2) is 23.4. The van der Waals surface area contributed by atoms with Crippen molar-refractivity contribution in [2.24, 2.45) is 5.73 Å². The van der Waals surface area contributed by atoms with Crippen LogP contribution in [0.4, 0.5) is 5.82 Å². The van der Waals surface area contributed by atoms with Crippen LogP contribution in [0.25, 0.3) is 44.6 Å². The third-order valence-corrected chi connectivity index (χ3v) is 13.2. The zero-order chi connectivity index (χ0) is 51.7. The summed E-state index contributed by atoms with van der Waals surface area (Å²) in [7, 11) is -4.63. The van der Waals surface area contributed by atoms with Gasteiger partial charge >= 0.3 is 22.1 Å². The van der Waals surface area contributed by atoms with Gasteiger partial charge in [0.15, 0.2) is 23.1 Å². The first-order valence-electron chi connectivity index (χ1n) is 22.7. The van der Waals surface area contributed by atoms with Crippen LogP contribution < -0.4 is 26.9 Å². The Bertz CT molecular complexity index is 3080. The van der Waals surface area contributed by atoms with Crippen molar-refractivity contribution in [3.63, 3.8) is 0 Å². The number of fused-ring (bicyclic) bond motifs is 3. The van der Waals surface area contributed by atoms with Gasteiger partial charge in [0.25, 0.3) is 11.8 Å². The summed E-state index contributed by atoms with van der Waals surface area (Å²) in [6, 6.07) is 11.1. The Morgan fingerprint density at radius 2 is 1.65 bits per heavy atom. The standard InChI is InChI=1S/C46H53N9O16S/c47-32(11-12-36(58)59)44(63)53-72(66,67)54(22-35-39(60)40(61)45(71-35)55-24-52-38-41(48)50-23-51-42(38)55)14-3-1-2-4-15-68-17-18-69-16-13-49-43(62)25-5-8-28(46(64)65)31(19-25)37-29-9-6-26(56)20-33(29)70-34-21-27(57)7-10-30(34)37/h5-10,19-21,23-24,32,35,39-40,45,56,60-61H,1-4,11-18,22,47H2,(H,49,62)(H,53,63)(H,58,59)(H,64,65)(H2,48,50,51)/t32-,35+,39+,40+,45+/m0/s1. The molecule has 26 heteroatoms. The minimum atomic E-state index is -4.63. The highest BCUT2D eigenvalue weighted by Crippen LogP contribution is 2.42. The number of unbranched alkanes of at least 4 members (excludes halogenated alkanes) is 3. The number of nitrogens with two attached hydrogens (primary N) is 2. The monoisotopic (exact) mass is 1020 g/mol. The van der Waals surface area contributed by atoms with Gasteiger partial charge in [-0.15, -0.1) is 0 Å². The van der Waals surface area contributed by atoms with Crippen LogP contribution in [0.1, 0.15) is 65.5 Å². The van der Waals surface area contributed by atoms with E-state index in [-0.39, 0.29) is 95.5 Å². The van der Waals surface area contributed by atoms with Crippen molar-refractivity contribution in [3.8, 4) is 28.2 Å². The van der Waals surface area contributed by atoms with Crippen LogP contribution in [-0.2, 0) is 34.0 Å². The molecule has 384 valence electrons. The number of carbonyl (C=O) groups excluding carboxylic acids is 2. The van der Waals surface area contributed by atoms with Crippen molar-refractivity contribution >= 4 is 61.9 Å². The van der Waals surface area contributed by atoms with E-state index in [1.54, 1.807) is 6.07 Å². The normalized spacial score (nSPS) is 17.4. The van der Waals surface area contributed by atoms with Gasteiger partial charge in [-0.05, 0) is 67.3 Å². The largest absolute Gasteiger partial charge is 0.508 e. The van der Waals surface area contributed by atoms with Gasteiger partial charge in [-0.1, -0.05) is 12.8 Å². The van der Waals surface area contributed by atoms with E-state index in [0.29, 0.717) is 48.8 Å². The minimum absolute atomic E-state index is 0.0652. The highest BCUT2D eigenvalue weighted by molar-refractivity contribution is 7.87. The summed E-state index contributed by atoms with van der Waals surface area (Å²) in [5.41, 5.74) is 13.0. The molecule has 4 heterocycles. The Balaban J connectivity index is 0.858. The van der Waals surface area contributed by atoms with Crippen molar-refractivity contribution in [2.45, 2.75) is 69.1 Å². The van der Waals surface area contributed by atoms with Crippen LogP contribution in [0.15, 0.2) is 76.5 Å². The second-order valence-corrected chi connectivity index (χ2v) is 18.4. The number of benzene rings is 3. The summed E-state index contributed by atoms with van der Waals surface area (Å²) in [5, 5.41) is 54.4. The Morgan fingerprint density at radius 3 is 2.42 bits per heavy atom. The van der Waals surface area contributed by atoms with Crippen LogP contribution in [0.3, 0.4) is 0 Å². The van der Waals surface area contributed by atoms with Gasteiger partial charge in [0.2, 0.25) is 0 Å². The molecule has 2 aromatic heterocycles. The number of aliphatic carboxylic acids is 1. The highest BCUT2D eigenvalue weighted by atomic mass is 32.2. The maximum Gasteiger partial charge on any atom is 0.336 e. The fourth-order valence-electron chi connectivity index (χ4n) is 8.09. The first-order chi connectivity index (χ1) is 34.4. The van der Waals surface area contributed by atoms with E-state index in [0.717, 1.165) is 4.31 Å². The molecule has 3 aliphatic rings. The molecule has 5 atom stereocenters. The average molecular weight is 1020 g/mol. The molecule has 0 spiro atoms. The lowest BCUT2D eigenvalue weighted by molar-refractivity contribution is -0.137. The number of rotatable bonds is 25. The molecule has 1 fully saturated rings. The zero-order valence-electron chi connectivity index (χ0n) is 38.5. The lowest BCUT2D eigenvalue weighted by atomic mass is 9.89. The molecule has 11 N–H and O–H groups in total. The number of ether oxygens (including phenoxy) is 3. The molecule has 0 radical (unpaired) electrons. The van der Waals surface area contributed by atoms with Gasteiger partial charge in [0.05, 0.1) is 37.8 Å². The van der Waals surface area contributed by atoms with Crippen molar-refractivity contribution in [1.29, 1.82) is 0 Å². The Hall–Kier alpha value is -7.17. The number of nitrogen functional groups attached to an aromatic ring is 1. The maximum atomic E-state index is 13.6. The Kier molecular flexibility index (Phi) is 17.1. The number of aliphatic hydroxyl groups excluding tert-OH is 2. The third-order valence-electron chi connectivity index (χ3n) is 11.8. The van der Waals surface area contributed by atoms with E-state index in [9.17, 15) is 52.8 Å². The smallest absolute Gasteiger partial charge is 0.336 e. The van der Waals surface area contributed by atoms with Crippen LogP contribution >= 0.6 is 0 Å². The number of hydrogen-bond donors (Lipinski definition) is 9. The molecule has 0 saturated carbocycles. The summed E-state index contributed by atoms with van der Waals surface area (Å²) in [4.78, 5) is 73.7. The molecular weight excluding hydrogens is 967 g/mol. The van der Waals surface area contributed by atoms with Crippen LogP contribution in [0.5, 0.6) is 5.75 Å². The fourth-order valence-corrected chi connectivity index (χ4v) is 9.34. The van der Waals surface area contributed by atoms with E-state index in [1.807, 2.05) is 4.72 Å². The van der Waals surface area contributed by atoms with E-state index < -0.39 is 77.5 Å². The van der Waals surface area contributed by atoms with Crippen molar-refractivity contribution in [2.75, 3.05) is 51.8 Å². The number of carbonyl (C=O) groups is 4. The number of aromatic hydroxyl groups is 1. The van der Waals surface area contributed by atoms with E-state index in [2.05, 4.69) is 20.3 Å². The molecule has 2 aromatic carbocycles. The number of aromatic nitrogens is 4. The first kappa shape index (κ1) is 52.6. The number of aromatic carboxylic acids is 1. The molecule has 0 unspecified atom stereocenters. The number of carboxylic acid groups (broad SMARTS) is 2. The quantitative estimate of drug-likeness (QED) is 0.0287. The summed E-state index contributed by atoms with van der Waals surface area (Å²) in [5.74, 6) is -3.97. The number of aliphatic hydroxyl groups is 2. The number of phenolic OH excluding ortho intramolecular Hbond substituents is 1. The molecule has 25 nitrogen and oxygen atoms in total. The van der Waals surface area contributed by atoms with Crippen LogP contribution in [0.2, 0.25) is 0 Å². The predicted octanol–water partition coefficient (Wildman–Crippen LogP) is 1.19. The SMILES string of the molecule is Nc1ncnc2c1ncn2[C@@H]1O[C@H](CN(CCCCCCOCCOCCNC(=O)c2ccc(C(=O)O)c(-c3c4ccc(=O)cc-4oc4cc(O)ccc34)c2)S(=O)(=O)NC(=O)[C@@H](N)CCC(=O)O)[C@@H](O)[C@H]1O. The minimum Gasteiger partial charge on any atom is -0.508 e. The topological polar surface area (TPSA) is 384 Å². The summed E-state index contributed by atoms with van der Waals surface area (Å²) < 4.78 is 54.4. The maximum absolute atomic E-state index is 13.6. The number of hydrogen-bond acceptors (Lipinski definition) is 19. The van der Waals surface area contributed by atoms with Gasteiger partial charge in [-0.25, -0.2) is 24.5 Å². The number of phenols is 1. The second-order valence-electron chi connectivity index (χ2n) is 16.8. The number of amides is 2. The highest BCUT2D eigenvalue weighted by Gasteiger charge is 2.46. The van der Waals surface area contributed by atoms with Gasteiger partial charge in [0, 0.05) is 66.9 Å². The van der Waals surface area contributed by atoms with Crippen molar-refractivity contribution < 1.29 is 71.8 Å². The Morgan fingerprint density at radius 1 is 0.889 bits per heavy atom. The zero-order valence-corrected chi connectivity index (χ0v) is 39.3. The van der Waals surface area contributed by atoms with E-state index in [4.69, 9.17) is 35.2 Å². The van der Waals surface area contributed by atoms with Gasteiger partial charge in [-0.3, -0.25) is 23.7 Å². The number of nitrogens with zero attached hydrogens (tertiary/aromatic N) is 5. The van der Waals surface area contributed by atoms with Gasteiger partial charge < -0.3 is 60.9 Å². The van der Waals surface area contributed by atoms with E-state index >= 15 is 0 Å². The summed E-state index contributed by atoms with van der Waals surface area (Å²) in [6.45, 7) is 0.384. The molecule has 0 bridgehead atoms. The molecule has 7 rings (SSSR count). The number of anilines is 1. The molecule has 1 aliphatic carbocycles. The predicted molar refractivity (Wildman–Crippen MR) is 255 cm³/mol. The van der Waals surface area contributed by atoms with Crippen molar-refractivity contribution in [1.82, 2.24) is 33.9 Å². The molecule has 1 saturated heterocycles. The molecule has 2 amide bonds. The number of nitrogens with one attached hydrogen (secondary N) is 2. The third kappa shape index (κ3) is 12.5. The van der Waals surface area contributed by atoms with Crippen molar-refractivity contribution in [3.05, 3.63) is 88.6 Å². The lowest BCUT2D eigenvalue weighted by Gasteiger charge is -2.26. The molecular formula is C46H53N9O16S. The fraction of sp³-hybridized carbons (Fsp3) is 0.391. The summed E-state index contributed by atoms with van der Waals surface area (Å²) >= 11 is 0. The number of carboxylic acids is 2. The average Bonchev–Trinajstić information content (AvgIpc) is 3.90. The van der Waals surface area contributed by atoms with Gasteiger partial charge in [-0.2, -0.15) is 12.7 Å². The molecule has 4 aromatic rings. The summed E-state index contributed by atoms with van der Waals surface area (Å²) in [6.07, 6.45) is -2.00. The van der Waals surface area contributed by atoms with Crippen LogP contribution in [-0.4, -0.2) is 152 Å². The van der Waals surface area contributed by atoms with E-state index in [1.165, 1.54) is 65.8 Å². The Labute approximate surface area is 409 Å².